The molecular formula is C26H22N2O3S2. The molecule has 7 heteroatoms. The SMILES string of the molecule is Cc1cccc(S(=O)(=O)Cc2cncc(-c3ccc(-c4ccc5c(c4)CN(C)C5=O)s3)c2)c1. The van der Waals surface area contributed by atoms with Gasteiger partial charge in [-0.15, -0.1) is 11.3 Å². The van der Waals surface area contributed by atoms with E-state index in [1.807, 2.05) is 44.3 Å². The molecule has 0 saturated heterocycles. The molecule has 0 fully saturated rings. The highest BCUT2D eigenvalue weighted by molar-refractivity contribution is 7.90. The standard InChI is InChI=1S/C26H22N2O3S2/c1-17-4-3-5-22(10-17)33(30,31)16-18-11-20(14-27-13-18)25-9-8-24(32-25)19-6-7-23-21(12-19)15-28(2)26(23)29/h3-14H,15-16H2,1-2H3. The summed E-state index contributed by atoms with van der Waals surface area (Å²) in [6.45, 7) is 2.51. The highest BCUT2D eigenvalue weighted by Gasteiger charge is 2.24. The fraction of sp³-hybridized carbons (Fsp3) is 0.154. The lowest BCUT2D eigenvalue weighted by Gasteiger charge is -2.07. The minimum absolute atomic E-state index is 0.0620. The number of sulfone groups is 1. The number of carbonyl (C=O) groups is 1. The maximum atomic E-state index is 12.9. The largest absolute Gasteiger partial charge is 0.337 e. The van der Waals surface area contributed by atoms with Gasteiger partial charge in [-0.2, -0.15) is 0 Å². The maximum absolute atomic E-state index is 12.9. The monoisotopic (exact) mass is 474 g/mol. The van der Waals surface area contributed by atoms with Crippen LogP contribution in [0.25, 0.3) is 20.9 Å². The van der Waals surface area contributed by atoms with Gasteiger partial charge >= 0.3 is 0 Å². The molecule has 1 aliphatic heterocycles. The molecule has 3 heterocycles. The van der Waals surface area contributed by atoms with Crippen LogP contribution in [0, 0.1) is 6.92 Å². The van der Waals surface area contributed by atoms with Crippen molar-refractivity contribution in [3.05, 3.63) is 95.3 Å². The number of aryl methyl sites for hydroxylation is 1. The number of hydrogen-bond donors (Lipinski definition) is 0. The van der Waals surface area contributed by atoms with Gasteiger partial charge in [-0.3, -0.25) is 9.78 Å². The van der Waals surface area contributed by atoms with E-state index in [2.05, 4.69) is 17.1 Å². The number of amides is 1. The summed E-state index contributed by atoms with van der Waals surface area (Å²) in [5.74, 6) is -0.0334. The number of nitrogens with zero attached hydrogens (tertiary/aromatic N) is 2. The van der Waals surface area contributed by atoms with Crippen molar-refractivity contribution in [2.45, 2.75) is 24.1 Å². The minimum Gasteiger partial charge on any atom is -0.337 e. The molecular weight excluding hydrogens is 452 g/mol. The zero-order chi connectivity index (χ0) is 23.2. The van der Waals surface area contributed by atoms with Crippen LogP contribution in [0.1, 0.15) is 27.0 Å². The van der Waals surface area contributed by atoms with Gasteiger partial charge in [0.15, 0.2) is 9.84 Å². The van der Waals surface area contributed by atoms with Gasteiger partial charge in [0, 0.05) is 46.9 Å². The molecule has 1 amide bonds. The smallest absolute Gasteiger partial charge is 0.254 e. The average molecular weight is 475 g/mol. The third-order valence-electron chi connectivity index (χ3n) is 5.77. The van der Waals surface area contributed by atoms with Gasteiger partial charge in [-0.05, 0) is 71.6 Å². The number of pyridine rings is 1. The number of carbonyl (C=O) groups excluding carboxylic acids is 1. The predicted molar refractivity (Wildman–Crippen MR) is 131 cm³/mol. The van der Waals surface area contributed by atoms with Crippen LogP contribution in [0.5, 0.6) is 0 Å². The number of rotatable bonds is 5. The van der Waals surface area contributed by atoms with Crippen LogP contribution < -0.4 is 0 Å². The second kappa shape index (κ2) is 8.24. The van der Waals surface area contributed by atoms with Crippen molar-refractivity contribution in [3.8, 4) is 20.9 Å². The fourth-order valence-corrected chi connectivity index (χ4v) is 6.48. The van der Waals surface area contributed by atoms with E-state index in [1.165, 1.54) is 0 Å². The van der Waals surface area contributed by atoms with Crippen LogP contribution in [0.3, 0.4) is 0 Å². The van der Waals surface area contributed by atoms with Gasteiger partial charge in [0.1, 0.15) is 0 Å². The fourth-order valence-electron chi connectivity index (χ4n) is 4.08. The molecule has 166 valence electrons. The Balaban J connectivity index is 1.41. The first-order chi connectivity index (χ1) is 15.8. The van der Waals surface area contributed by atoms with Gasteiger partial charge in [0.2, 0.25) is 0 Å². The summed E-state index contributed by atoms with van der Waals surface area (Å²) >= 11 is 1.62. The zero-order valence-corrected chi connectivity index (χ0v) is 19.9. The van der Waals surface area contributed by atoms with Crippen molar-refractivity contribution >= 4 is 27.1 Å². The summed E-state index contributed by atoms with van der Waals surface area (Å²) in [5, 5.41) is 0. The van der Waals surface area contributed by atoms with E-state index in [0.717, 1.165) is 37.6 Å². The van der Waals surface area contributed by atoms with Crippen molar-refractivity contribution in [2.75, 3.05) is 7.05 Å². The van der Waals surface area contributed by atoms with Crippen molar-refractivity contribution < 1.29 is 13.2 Å². The number of fused-ring (bicyclic) bond motifs is 1. The molecule has 0 spiro atoms. The van der Waals surface area contributed by atoms with Crippen molar-refractivity contribution in [2.24, 2.45) is 0 Å². The van der Waals surface area contributed by atoms with Crippen molar-refractivity contribution in [1.29, 1.82) is 0 Å². The van der Waals surface area contributed by atoms with Gasteiger partial charge in [-0.1, -0.05) is 18.2 Å². The lowest BCUT2D eigenvalue weighted by Crippen LogP contribution is -2.17. The molecule has 1 aliphatic rings. The van der Waals surface area contributed by atoms with Crippen LogP contribution >= 0.6 is 11.3 Å². The van der Waals surface area contributed by atoms with E-state index in [1.54, 1.807) is 46.8 Å². The van der Waals surface area contributed by atoms with Crippen molar-refractivity contribution in [3.63, 3.8) is 0 Å². The summed E-state index contributed by atoms with van der Waals surface area (Å²) in [6, 6.07) is 18.9. The molecule has 0 bridgehead atoms. The molecule has 0 N–H and O–H groups in total. The Hall–Kier alpha value is -3.29. The molecule has 0 aliphatic carbocycles. The van der Waals surface area contributed by atoms with Gasteiger partial charge < -0.3 is 4.90 Å². The van der Waals surface area contributed by atoms with E-state index < -0.39 is 9.84 Å². The van der Waals surface area contributed by atoms with E-state index in [9.17, 15) is 13.2 Å². The zero-order valence-electron chi connectivity index (χ0n) is 18.3. The van der Waals surface area contributed by atoms with E-state index in [4.69, 9.17) is 0 Å². The van der Waals surface area contributed by atoms with Crippen LogP contribution in [0.4, 0.5) is 0 Å². The summed E-state index contributed by atoms with van der Waals surface area (Å²) in [6.07, 6.45) is 3.37. The number of thiophene rings is 1. The quantitative estimate of drug-likeness (QED) is 0.391. The second-order valence-electron chi connectivity index (χ2n) is 8.35. The molecule has 0 atom stereocenters. The molecule has 4 aromatic rings. The van der Waals surface area contributed by atoms with E-state index in [-0.39, 0.29) is 11.7 Å². The third kappa shape index (κ3) is 4.21. The number of hydrogen-bond acceptors (Lipinski definition) is 5. The molecule has 2 aromatic heterocycles. The first-order valence-electron chi connectivity index (χ1n) is 10.5. The molecule has 2 aromatic carbocycles. The third-order valence-corrected chi connectivity index (χ3v) is 8.63. The van der Waals surface area contributed by atoms with Crippen LogP contribution in [-0.4, -0.2) is 31.3 Å². The Bertz CT molecular complexity index is 1490. The van der Waals surface area contributed by atoms with Crippen molar-refractivity contribution in [1.82, 2.24) is 9.88 Å². The van der Waals surface area contributed by atoms with Gasteiger partial charge in [0.05, 0.1) is 10.6 Å². The average Bonchev–Trinajstić information content (AvgIpc) is 3.39. The van der Waals surface area contributed by atoms with Gasteiger partial charge in [-0.25, -0.2) is 8.42 Å². The topological polar surface area (TPSA) is 67.3 Å². The molecule has 5 rings (SSSR count). The van der Waals surface area contributed by atoms with Crippen LogP contribution in [0.2, 0.25) is 0 Å². The highest BCUT2D eigenvalue weighted by atomic mass is 32.2. The Morgan fingerprint density at radius 3 is 2.55 bits per heavy atom. The normalized spacial score (nSPS) is 13.4. The van der Waals surface area contributed by atoms with Crippen LogP contribution in [0.15, 0.2) is 78.0 Å². The summed E-state index contributed by atoms with van der Waals surface area (Å²) in [7, 11) is -1.65. The summed E-state index contributed by atoms with van der Waals surface area (Å²) in [5.41, 5.74) is 5.34. The predicted octanol–water partition coefficient (Wildman–Crippen LogP) is 5.35. The Morgan fingerprint density at radius 1 is 0.970 bits per heavy atom. The van der Waals surface area contributed by atoms with Crippen LogP contribution in [-0.2, 0) is 22.1 Å². The molecule has 5 nitrogen and oxygen atoms in total. The minimum atomic E-state index is -3.46. The lowest BCUT2D eigenvalue weighted by atomic mass is 10.1. The summed E-state index contributed by atoms with van der Waals surface area (Å²) in [4.78, 5) is 20.6. The molecule has 0 saturated carbocycles. The molecule has 0 radical (unpaired) electrons. The summed E-state index contributed by atoms with van der Waals surface area (Å²) < 4.78 is 25.8. The first kappa shape index (κ1) is 21.6. The first-order valence-corrected chi connectivity index (χ1v) is 13.0. The van der Waals surface area contributed by atoms with Gasteiger partial charge in [0.25, 0.3) is 5.91 Å². The number of benzene rings is 2. The molecule has 33 heavy (non-hydrogen) atoms. The Morgan fingerprint density at radius 2 is 1.76 bits per heavy atom. The highest BCUT2D eigenvalue weighted by Crippen LogP contribution is 2.36. The Kier molecular flexibility index (Phi) is 5.38. The second-order valence-corrected chi connectivity index (χ2v) is 11.4. The number of aromatic nitrogens is 1. The lowest BCUT2D eigenvalue weighted by molar-refractivity contribution is 0.0816. The van der Waals surface area contributed by atoms with E-state index in [0.29, 0.717) is 17.0 Å². The maximum Gasteiger partial charge on any atom is 0.254 e. The molecule has 0 unspecified atom stereocenters. The van der Waals surface area contributed by atoms with E-state index >= 15 is 0 Å². The Labute approximate surface area is 197 Å².